The molecule has 2 rings (SSSR count). The Morgan fingerprint density at radius 1 is 1.50 bits per heavy atom. The first-order chi connectivity index (χ1) is 7.65. The molecule has 2 nitrogen and oxygen atoms in total. The Balaban J connectivity index is 2.07. The fourth-order valence-electron chi connectivity index (χ4n) is 1.84. The molecule has 0 aromatic heterocycles. The third-order valence-electron chi connectivity index (χ3n) is 3.10. The summed E-state index contributed by atoms with van der Waals surface area (Å²) in [5, 5.41) is 8.72. The molecule has 0 spiro atoms. The average Bonchev–Trinajstić information content (AvgIpc) is 2.98. The SMILES string of the molecule is Cc1cccc(S(=O)CC2(CC#N)CC2)c1. The number of nitrogens with zero attached hydrogens (tertiary/aromatic N) is 1. The molecule has 1 saturated carbocycles. The Bertz CT molecular complexity index is 457. The molecule has 16 heavy (non-hydrogen) atoms. The van der Waals surface area contributed by atoms with Crippen LogP contribution in [0.5, 0.6) is 0 Å². The highest BCUT2D eigenvalue weighted by atomic mass is 32.2. The lowest BCUT2D eigenvalue weighted by Crippen LogP contribution is -2.11. The molecule has 1 aromatic rings. The zero-order valence-corrected chi connectivity index (χ0v) is 10.2. The van der Waals surface area contributed by atoms with Gasteiger partial charge in [-0.1, -0.05) is 12.1 Å². The quantitative estimate of drug-likeness (QED) is 0.802. The van der Waals surface area contributed by atoms with Crippen LogP contribution in [0.15, 0.2) is 29.2 Å². The second-order valence-electron chi connectivity index (χ2n) is 4.64. The maximum atomic E-state index is 12.1. The van der Waals surface area contributed by atoms with Gasteiger partial charge < -0.3 is 0 Å². The zero-order valence-electron chi connectivity index (χ0n) is 9.40. The summed E-state index contributed by atoms with van der Waals surface area (Å²) in [6.07, 6.45) is 2.65. The van der Waals surface area contributed by atoms with Gasteiger partial charge >= 0.3 is 0 Å². The largest absolute Gasteiger partial charge is 0.254 e. The van der Waals surface area contributed by atoms with Crippen LogP contribution in [0.3, 0.4) is 0 Å². The van der Waals surface area contributed by atoms with Gasteiger partial charge in [0.1, 0.15) is 0 Å². The first-order valence-corrected chi connectivity index (χ1v) is 6.79. The summed E-state index contributed by atoms with van der Waals surface area (Å²) >= 11 is 0. The lowest BCUT2D eigenvalue weighted by molar-refractivity contribution is 0.587. The fraction of sp³-hybridized carbons (Fsp3) is 0.462. The van der Waals surface area contributed by atoms with Gasteiger partial charge in [0.25, 0.3) is 0 Å². The van der Waals surface area contributed by atoms with Crippen LogP contribution in [0.1, 0.15) is 24.8 Å². The van der Waals surface area contributed by atoms with E-state index >= 15 is 0 Å². The Kier molecular flexibility index (Phi) is 3.11. The van der Waals surface area contributed by atoms with Gasteiger partial charge in [0, 0.05) is 17.1 Å². The lowest BCUT2D eigenvalue weighted by atomic mass is 10.1. The molecule has 0 bridgehead atoms. The summed E-state index contributed by atoms with van der Waals surface area (Å²) in [5.41, 5.74) is 1.19. The third kappa shape index (κ3) is 2.51. The van der Waals surface area contributed by atoms with E-state index in [2.05, 4.69) is 6.07 Å². The molecular weight excluding hydrogens is 218 g/mol. The number of aryl methyl sites for hydroxylation is 1. The zero-order chi connectivity index (χ0) is 11.6. The van der Waals surface area contributed by atoms with Gasteiger partial charge in [-0.15, -0.1) is 0 Å². The molecule has 3 heteroatoms. The first-order valence-electron chi connectivity index (χ1n) is 5.47. The first kappa shape index (κ1) is 11.3. The van der Waals surface area contributed by atoms with E-state index in [1.54, 1.807) is 0 Å². The van der Waals surface area contributed by atoms with E-state index in [1.165, 1.54) is 0 Å². The minimum Gasteiger partial charge on any atom is -0.254 e. The molecule has 1 aromatic carbocycles. The summed E-state index contributed by atoms with van der Waals surface area (Å²) in [7, 11) is -0.953. The van der Waals surface area contributed by atoms with Crippen LogP contribution in [0, 0.1) is 23.7 Å². The number of rotatable bonds is 4. The standard InChI is InChI=1S/C13H15NOS/c1-11-3-2-4-12(9-11)16(15)10-13(5-6-13)7-8-14/h2-4,9H,5-7,10H2,1H3. The van der Waals surface area contributed by atoms with Crippen molar-refractivity contribution in [3.05, 3.63) is 29.8 Å². The van der Waals surface area contributed by atoms with Crippen molar-refractivity contribution in [2.24, 2.45) is 5.41 Å². The van der Waals surface area contributed by atoms with Crippen LogP contribution in [0.2, 0.25) is 0 Å². The fourth-order valence-corrected chi connectivity index (χ4v) is 3.50. The van der Waals surface area contributed by atoms with Crippen molar-refractivity contribution in [3.8, 4) is 6.07 Å². The summed E-state index contributed by atoms with van der Waals surface area (Å²) in [6, 6.07) is 10.0. The molecule has 0 heterocycles. The second-order valence-corrected chi connectivity index (χ2v) is 6.09. The van der Waals surface area contributed by atoms with Crippen LogP contribution in [0.25, 0.3) is 0 Å². The van der Waals surface area contributed by atoms with Crippen molar-refractivity contribution in [3.63, 3.8) is 0 Å². The maximum absolute atomic E-state index is 12.1. The molecule has 0 N–H and O–H groups in total. The lowest BCUT2D eigenvalue weighted by Gasteiger charge is -2.10. The monoisotopic (exact) mass is 233 g/mol. The Morgan fingerprint density at radius 2 is 2.25 bits per heavy atom. The third-order valence-corrected chi connectivity index (χ3v) is 4.76. The van der Waals surface area contributed by atoms with Crippen LogP contribution < -0.4 is 0 Å². The van der Waals surface area contributed by atoms with E-state index in [0.29, 0.717) is 12.2 Å². The summed E-state index contributed by atoms with van der Waals surface area (Å²) in [6.45, 7) is 2.00. The van der Waals surface area contributed by atoms with Crippen molar-refractivity contribution in [2.45, 2.75) is 31.1 Å². The van der Waals surface area contributed by atoms with Crippen molar-refractivity contribution < 1.29 is 4.21 Å². The molecule has 0 radical (unpaired) electrons. The van der Waals surface area contributed by atoms with E-state index in [1.807, 2.05) is 31.2 Å². The highest BCUT2D eigenvalue weighted by Gasteiger charge is 2.43. The summed E-state index contributed by atoms with van der Waals surface area (Å²) in [4.78, 5) is 0.893. The molecule has 1 aliphatic carbocycles. The average molecular weight is 233 g/mol. The molecule has 1 fully saturated rings. The Labute approximate surface area is 98.7 Å². The second kappa shape index (κ2) is 4.39. The number of hydrogen-bond donors (Lipinski definition) is 0. The molecule has 1 unspecified atom stereocenters. The molecule has 0 aliphatic heterocycles. The van der Waals surface area contributed by atoms with Gasteiger partial charge in [-0.05, 0) is 42.9 Å². The number of nitriles is 1. The van der Waals surface area contributed by atoms with Crippen LogP contribution in [0.4, 0.5) is 0 Å². The minimum absolute atomic E-state index is 0.0589. The van der Waals surface area contributed by atoms with Crippen molar-refractivity contribution >= 4 is 10.8 Å². The highest BCUT2D eigenvalue weighted by molar-refractivity contribution is 7.85. The van der Waals surface area contributed by atoms with Crippen LogP contribution >= 0.6 is 0 Å². The van der Waals surface area contributed by atoms with Gasteiger partial charge in [-0.25, -0.2) is 0 Å². The smallest absolute Gasteiger partial charge is 0.0627 e. The van der Waals surface area contributed by atoms with E-state index in [0.717, 1.165) is 23.3 Å². The molecule has 1 aliphatic rings. The maximum Gasteiger partial charge on any atom is 0.0627 e. The normalized spacial score (nSPS) is 18.8. The van der Waals surface area contributed by atoms with E-state index in [4.69, 9.17) is 5.26 Å². The highest BCUT2D eigenvalue weighted by Crippen LogP contribution is 2.49. The predicted molar refractivity (Wildman–Crippen MR) is 64.4 cm³/mol. The van der Waals surface area contributed by atoms with Crippen LogP contribution in [-0.4, -0.2) is 9.96 Å². The van der Waals surface area contributed by atoms with Crippen molar-refractivity contribution in [1.29, 1.82) is 5.26 Å². The summed E-state index contributed by atoms with van der Waals surface area (Å²) in [5.74, 6) is 0.643. The van der Waals surface area contributed by atoms with Gasteiger partial charge in [-0.3, -0.25) is 4.21 Å². The molecule has 1 atom stereocenters. The van der Waals surface area contributed by atoms with Gasteiger partial charge in [0.05, 0.1) is 16.9 Å². The Morgan fingerprint density at radius 3 is 2.81 bits per heavy atom. The van der Waals surface area contributed by atoms with E-state index in [9.17, 15) is 4.21 Å². The van der Waals surface area contributed by atoms with E-state index < -0.39 is 10.8 Å². The van der Waals surface area contributed by atoms with Crippen molar-refractivity contribution in [1.82, 2.24) is 0 Å². The molecule has 0 amide bonds. The minimum atomic E-state index is -0.953. The van der Waals surface area contributed by atoms with Crippen molar-refractivity contribution in [2.75, 3.05) is 5.75 Å². The van der Waals surface area contributed by atoms with Gasteiger partial charge in [0.2, 0.25) is 0 Å². The predicted octanol–water partition coefficient (Wildman–Crippen LogP) is 2.80. The van der Waals surface area contributed by atoms with Gasteiger partial charge in [-0.2, -0.15) is 5.26 Å². The molecular formula is C13H15NOS. The van der Waals surface area contributed by atoms with E-state index in [-0.39, 0.29) is 5.41 Å². The van der Waals surface area contributed by atoms with Gasteiger partial charge in [0.15, 0.2) is 0 Å². The number of hydrogen-bond acceptors (Lipinski definition) is 2. The Hall–Kier alpha value is -1.14. The molecule has 84 valence electrons. The molecule has 0 saturated heterocycles. The van der Waals surface area contributed by atoms with Crippen LogP contribution in [-0.2, 0) is 10.8 Å². The number of benzene rings is 1. The topological polar surface area (TPSA) is 40.9 Å². The summed E-state index contributed by atoms with van der Waals surface area (Å²) < 4.78 is 12.1.